The van der Waals surface area contributed by atoms with Gasteiger partial charge in [0.05, 0.1) is 0 Å². The first kappa shape index (κ1) is 13.5. The van der Waals surface area contributed by atoms with Crippen molar-refractivity contribution in [3.05, 3.63) is 40.4 Å². The maximum atomic E-state index is 12.1. The third-order valence-electron chi connectivity index (χ3n) is 3.22. The van der Waals surface area contributed by atoms with Gasteiger partial charge in [-0.2, -0.15) is 0 Å². The summed E-state index contributed by atoms with van der Waals surface area (Å²) in [6.45, 7) is 1.79. The molecule has 20 heavy (non-hydrogen) atoms. The maximum Gasteiger partial charge on any atom is 0.271 e. The molecule has 1 aliphatic rings. The lowest BCUT2D eigenvalue weighted by Gasteiger charge is -2.09. The van der Waals surface area contributed by atoms with Crippen molar-refractivity contribution in [2.45, 2.75) is 12.5 Å². The number of carbonyl (C=O) groups excluding carboxylic acids is 1. The standard InChI is InChI=1S/C14H14ClN3OS/c15-10-3-1-9(2-4-10)14-18-12(8-20-14)13(19)17-11-5-6-16-7-11/h1-4,8,11,16H,5-7H2,(H,17,19). The van der Waals surface area contributed by atoms with E-state index < -0.39 is 0 Å². The SMILES string of the molecule is O=C(NC1CCNC1)c1csc(-c2ccc(Cl)cc2)n1. The lowest BCUT2D eigenvalue weighted by molar-refractivity contribution is 0.0936. The quantitative estimate of drug-likeness (QED) is 0.916. The zero-order valence-corrected chi connectivity index (χ0v) is 12.3. The molecule has 1 aliphatic heterocycles. The van der Waals surface area contributed by atoms with Crippen molar-refractivity contribution in [2.24, 2.45) is 0 Å². The van der Waals surface area contributed by atoms with Crippen LogP contribution in [0.3, 0.4) is 0 Å². The van der Waals surface area contributed by atoms with E-state index in [1.54, 1.807) is 5.38 Å². The number of hydrogen-bond acceptors (Lipinski definition) is 4. The Morgan fingerprint density at radius 3 is 2.90 bits per heavy atom. The van der Waals surface area contributed by atoms with Gasteiger partial charge in [0, 0.05) is 28.6 Å². The number of rotatable bonds is 3. The summed E-state index contributed by atoms with van der Waals surface area (Å²) in [5, 5.41) is 9.53. The van der Waals surface area contributed by atoms with Crippen LogP contribution in [0.5, 0.6) is 0 Å². The fraction of sp³-hybridized carbons (Fsp3) is 0.286. The maximum absolute atomic E-state index is 12.1. The summed E-state index contributed by atoms with van der Waals surface area (Å²) < 4.78 is 0. The van der Waals surface area contributed by atoms with Gasteiger partial charge < -0.3 is 10.6 Å². The van der Waals surface area contributed by atoms with Crippen molar-refractivity contribution in [3.63, 3.8) is 0 Å². The summed E-state index contributed by atoms with van der Waals surface area (Å²) in [4.78, 5) is 16.5. The van der Waals surface area contributed by atoms with Crippen LogP contribution in [-0.2, 0) is 0 Å². The van der Waals surface area contributed by atoms with Gasteiger partial charge >= 0.3 is 0 Å². The van der Waals surface area contributed by atoms with Crippen LogP contribution in [0.25, 0.3) is 10.6 Å². The van der Waals surface area contributed by atoms with Gasteiger partial charge in [-0.3, -0.25) is 4.79 Å². The molecular weight excluding hydrogens is 294 g/mol. The molecule has 1 fully saturated rings. The minimum atomic E-state index is -0.102. The van der Waals surface area contributed by atoms with Crippen LogP contribution in [0.1, 0.15) is 16.9 Å². The van der Waals surface area contributed by atoms with Crippen LogP contribution in [0.4, 0.5) is 0 Å². The van der Waals surface area contributed by atoms with Crippen molar-refractivity contribution in [1.29, 1.82) is 0 Å². The van der Waals surface area contributed by atoms with E-state index in [1.165, 1.54) is 11.3 Å². The third kappa shape index (κ3) is 3.00. The van der Waals surface area contributed by atoms with Crippen LogP contribution in [0.15, 0.2) is 29.6 Å². The highest BCUT2D eigenvalue weighted by Crippen LogP contribution is 2.25. The monoisotopic (exact) mass is 307 g/mol. The summed E-state index contributed by atoms with van der Waals surface area (Å²) in [5.41, 5.74) is 1.45. The molecule has 1 aromatic carbocycles. The largest absolute Gasteiger partial charge is 0.347 e. The predicted octanol–water partition coefficient (Wildman–Crippen LogP) is 2.56. The Morgan fingerprint density at radius 1 is 1.40 bits per heavy atom. The molecule has 2 aromatic rings. The van der Waals surface area contributed by atoms with Gasteiger partial charge in [0.25, 0.3) is 5.91 Å². The Labute approximate surface area is 126 Å². The van der Waals surface area contributed by atoms with E-state index in [-0.39, 0.29) is 11.9 Å². The Kier molecular flexibility index (Phi) is 4.00. The molecule has 4 nitrogen and oxygen atoms in total. The smallest absolute Gasteiger partial charge is 0.271 e. The summed E-state index contributed by atoms with van der Waals surface area (Å²) in [6.07, 6.45) is 0.972. The molecule has 6 heteroatoms. The van der Waals surface area contributed by atoms with Gasteiger partial charge in [-0.1, -0.05) is 23.7 Å². The lowest BCUT2D eigenvalue weighted by atomic mass is 10.2. The molecule has 2 heterocycles. The molecule has 1 atom stereocenters. The fourth-order valence-corrected chi connectivity index (χ4v) is 3.07. The molecule has 1 aromatic heterocycles. The summed E-state index contributed by atoms with van der Waals surface area (Å²) in [6, 6.07) is 7.67. The molecule has 2 N–H and O–H groups in total. The normalized spacial score (nSPS) is 18.1. The number of amides is 1. The fourth-order valence-electron chi connectivity index (χ4n) is 2.14. The van der Waals surface area contributed by atoms with Gasteiger partial charge in [0.15, 0.2) is 0 Å². The zero-order valence-electron chi connectivity index (χ0n) is 10.7. The van der Waals surface area contributed by atoms with Crippen molar-refractivity contribution in [2.75, 3.05) is 13.1 Å². The Balaban J connectivity index is 1.72. The molecule has 1 unspecified atom stereocenters. The predicted molar refractivity (Wildman–Crippen MR) is 81.3 cm³/mol. The second-order valence-electron chi connectivity index (χ2n) is 4.71. The Hall–Kier alpha value is -1.43. The number of hydrogen-bond donors (Lipinski definition) is 2. The van der Waals surface area contributed by atoms with E-state index in [2.05, 4.69) is 15.6 Å². The van der Waals surface area contributed by atoms with Gasteiger partial charge in [-0.15, -0.1) is 11.3 Å². The van der Waals surface area contributed by atoms with Crippen LogP contribution >= 0.6 is 22.9 Å². The summed E-state index contributed by atoms with van der Waals surface area (Å²) in [7, 11) is 0. The lowest BCUT2D eigenvalue weighted by Crippen LogP contribution is -2.36. The molecule has 0 spiro atoms. The Bertz CT molecular complexity index is 605. The van der Waals surface area contributed by atoms with Crippen molar-refractivity contribution in [1.82, 2.24) is 15.6 Å². The topological polar surface area (TPSA) is 54.0 Å². The van der Waals surface area contributed by atoms with Gasteiger partial charge in [0.1, 0.15) is 10.7 Å². The number of benzene rings is 1. The number of thiazole rings is 1. The van der Waals surface area contributed by atoms with Crippen LogP contribution in [0.2, 0.25) is 5.02 Å². The number of carbonyl (C=O) groups is 1. The van der Waals surface area contributed by atoms with E-state index in [1.807, 2.05) is 24.3 Å². The summed E-state index contributed by atoms with van der Waals surface area (Å²) >= 11 is 7.33. The average molecular weight is 308 g/mol. The first-order chi connectivity index (χ1) is 9.72. The van der Waals surface area contributed by atoms with Crippen LogP contribution < -0.4 is 10.6 Å². The highest BCUT2D eigenvalue weighted by Gasteiger charge is 2.19. The molecular formula is C14H14ClN3OS. The molecule has 1 saturated heterocycles. The zero-order chi connectivity index (χ0) is 13.9. The number of halogens is 1. The number of nitrogens with zero attached hydrogens (tertiary/aromatic N) is 1. The first-order valence-electron chi connectivity index (χ1n) is 6.45. The molecule has 1 amide bonds. The van der Waals surface area contributed by atoms with E-state index >= 15 is 0 Å². The average Bonchev–Trinajstić information content (AvgIpc) is 3.10. The highest BCUT2D eigenvalue weighted by atomic mass is 35.5. The highest BCUT2D eigenvalue weighted by molar-refractivity contribution is 7.13. The van der Waals surface area contributed by atoms with Gasteiger partial charge in [-0.25, -0.2) is 4.98 Å². The molecule has 0 aliphatic carbocycles. The second kappa shape index (κ2) is 5.91. The van der Waals surface area contributed by atoms with E-state index in [0.29, 0.717) is 10.7 Å². The van der Waals surface area contributed by atoms with Gasteiger partial charge in [0.2, 0.25) is 0 Å². The molecule has 104 valence electrons. The molecule has 0 saturated carbocycles. The molecule has 0 radical (unpaired) electrons. The van der Waals surface area contributed by atoms with Crippen LogP contribution in [0, 0.1) is 0 Å². The number of nitrogens with one attached hydrogen (secondary N) is 2. The van der Waals surface area contributed by atoms with E-state index in [4.69, 9.17) is 11.6 Å². The summed E-state index contributed by atoms with van der Waals surface area (Å²) in [5.74, 6) is -0.102. The molecule has 0 bridgehead atoms. The minimum Gasteiger partial charge on any atom is -0.347 e. The molecule has 3 rings (SSSR count). The third-order valence-corrected chi connectivity index (χ3v) is 4.37. The first-order valence-corrected chi connectivity index (χ1v) is 7.71. The van der Waals surface area contributed by atoms with Crippen molar-refractivity contribution in [3.8, 4) is 10.6 Å². The Morgan fingerprint density at radius 2 is 2.20 bits per heavy atom. The minimum absolute atomic E-state index is 0.102. The van der Waals surface area contributed by atoms with E-state index in [9.17, 15) is 4.79 Å². The van der Waals surface area contributed by atoms with Crippen molar-refractivity contribution < 1.29 is 4.79 Å². The number of aromatic nitrogens is 1. The van der Waals surface area contributed by atoms with Gasteiger partial charge in [-0.05, 0) is 25.1 Å². The van der Waals surface area contributed by atoms with Crippen LogP contribution in [-0.4, -0.2) is 30.0 Å². The van der Waals surface area contributed by atoms with E-state index in [0.717, 1.165) is 30.1 Å². The van der Waals surface area contributed by atoms with Crippen molar-refractivity contribution >= 4 is 28.8 Å². The second-order valence-corrected chi connectivity index (χ2v) is 6.00.